The van der Waals surface area contributed by atoms with Crippen LogP contribution in [0.15, 0.2) is 12.2 Å². The molecule has 0 bridgehead atoms. The number of hydrogen-bond donors (Lipinski definition) is 1. The highest BCUT2D eigenvalue weighted by Gasteiger charge is 2.17. The second kappa shape index (κ2) is 8.56. The molecule has 0 saturated heterocycles. The number of esters is 1. The molecular weight excluding hydrogens is 246 g/mol. The summed E-state index contributed by atoms with van der Waals surface area (Å²) in [7, 11) is 0. The van der Waals surface area contributed by atoms with Gasteiger partial charge in [-0.25, -0.2) is 9.59 Å². The third kappa shape index (κ3) is 6.84. The maximum absolute atomic E-state index is 11.6. The summed E-state index contributed by atoms with van der Waals surface area (Å²) in [5.74, 6) is -0.425. The van der Waals surface area contributed by atoms with E-state index in [9.17, 15) is 9.59 Å². The molecule has 1 amide bonds. The van der Waals surface area contributed by atoms with Gasteiger partial charge in [-0.1, -0.05) is 19.3 Å². The number of carbonyl (C=O) groups excluding carboxylic acids is 2. The van der Waals surface area contributed by atoms with E-state index < -0.39 is 18.2 Å². The van der Waals surface area contributed by atoms with Gasteiger partial charge in [-0.15, -0.1) is 0 Å². The highest BCUT2D eigenvalue weighted by atomic mass is 16.6. The Morgan fingerprint density at radius 1 is 1.32 bits per heavy atom. The monoisotopic (exact) mass is 269 g/mol. The molecule has 0 spiro atoms. The van der Waals surface area contributed by atoms with Gasteiger partial charge in [-0.2, -0.15) is 0 Å². The number of nitrogens with one attached hydrogen (secondary N) is 1. The maximum atomic E-state index is 11.6. The lowest BCUT2D eigenvalue weighted by Crippen LogP contribution is -2.37. The van der Waals surface area contributed by atoms with Crippen LogP contribution in [0.2, 0.25) is 0 Å². The van der Waals surface area contributed by atoms with Gasteiger partial charge in [0.25, 0.3) is 0 Å². The lowest BCUT2D eigenvalue weighted by Gasteiger charge is -2.23. The minimum atomic E-state index is -0.451. The van der Waals surface area contributed by atoms with Crippen LogP contribution in [0, 0.1) is 0 Å². The predicted molar refractivity (Wildman–Crippen MR) is 71.7 cm³/mol. The van der Waals surface area contributed by atoms with Crippen LogP contribution in [0.25, 0.3) is 0 Å². The first-order valence-corrected chi connectivity index (χ1v) is 6.94. The normalized spacial score (nSPS) is 18.0. The van der Waals surface area contributed by atoms with E-state index in [1.807, 2.05) is 0 Å². The van der Waals surface area contributed by atoms with Crippen molar-refractivity contribution in [3.63, 3.8) is 0 Å². The van der Waals surface area contributed by atoms with E-state index in [2.05, 4.69) is 5.32 Å². The summed E-state index contributed by atoms with van der Waals surface area (Å²) in [4.78, 5) is 22.7. The molecule has 1 unspecified atom stereocenters. The molecule has 1 fully saturated rings. The van der Waals surface area contributed by atoms with E-state index in [-0.39, 0.29) is 6.04 Å². The summed E-state index contributed by atoms with van der Waals surface area (Å²) < 4.78 is 9.87. The first kappa shape index (κ1) is 15.5. The Labute approximate surface area is 114 Å². The molecule has 19 heavy (non-hydrogen) atoms. The smallest absolute Gasteiger partial charge is 0.407 e. The number of carbonyl (C=O) groups is 2. The van der Waals surface area contributed by atoms with Crippen LogP contribution in [0.3, 0.4) is 0 Å². The van der Waals surface area contributed by atoms with Crippen molar-refractivity contribution in [2.75, 3.05) is 6.61 Å². The Bertz CT molecular complexity index is 321. The second-order valence-corrected chi connectivity index (χ2v) is 4.70. The van der Waals surface area contributed by atoms with Gasteiger partial charge in [0.05, 0.1) is 6.61 Å². The zero-order valence-electron chi connectivity index (χ0n) is 11.7. The van der Waals surface area contributed by atoms with Crippen molar-refractivity contribution in [3.05, 3.63) is 12.2 Å². The van der Waals surface area contributed by atoms with Crippen LogP contribution in [-0.4, -0.2) is 30.8 Å². The standard InChI is InChI=1S/C14H23NO4/c1-3-18-13(16)10-9-11(2)19-14(17)15-12-7-5-4-6-8-12/h9-12H,3-8H2,1-2H3,(H,15,17)/b10-9+. The summed E-state index contributed by atoms with van der Waals surface area (Å²) in [5.41, 5.74) is 0. The zero-order valence-corrected chi connectivity index (χ0v) is 11.7. The van der Waals surface area contributed by atoms with Crippen LogP contribution in [0.5, 0.6) is 0 Å². The van der Waals surface area contributed by atoms with E-state index in [1.165, 1.54) is 18.6 Å². The highest BCUT2D eigenvalue weighted by molar-refractivity contribution is 5.82. The zero-order chi connectivity index (χ0) is 14.1. The van der Waals surface area contributed by atoms with Gasteiger partial charge in [-0.05, 0) is 32.8 Å². The fourth-order valence-corrected chi connectivity index (χ4v) is 2.06. The third-order valence-electron chi connectivity index (χ3n) is 3.01. The largest absolute Gasteiger partial charge is 0.463 e. The summed E-state index contributed by atoms with van der Waals surface area (Å²) in [6.45, 7) is 3.78. The highest BCUT2D eigenvalue weighted by Crippen LogP contribution is 2.17. The Morgan fingerprint density at radius 2 is 2.00 bits per heavy atom. The van der Waals surface area contributed by atoms with Gasteiger partial charge in [0, 0.05) is 12.1 Å². The topological polar surface area (TPSA) is 64.6 Å². The van der Waals surface area contributed by atoms with Crippen molar-refractivity contribution in [1.29, 1.82) is 0 Å². The SMILES string of the molecule is CCOC(=O)/C=C/C(C)OC(=O)NC1CCCCC1. The van der Waals surface area contributed by atoms with E-state index >= 15 is 0 Å². The molecule has 1 saturated carbocycles. The Hall–Kier alpha value is -1.52. The molecule has 0 aliphatic heterocycles. The molecule has 0 aromatic rings. The molecule has 0 radical (unpaired) electrons. The lowest BCUT2D eigenvalue weighted by atomic mass is 9.96. The molecule has 5 heteroatoms. The van der Waals surface area contributed by atoms with Crippen molar-refractivity contribution in [1.82, 2.24) is 5.32 Å². The van der Waals surface area contributed by atoms with Crippen LogP contribution in [-0.2, 0) is 14.3 Å². The molecule has 5 nitrogen and oxygen atoms in total. The Kier molecular flexibility index (Phi) is 7.00. The Morgan fingerprint density at radius 3 is 2.63 bits per heavy atom. The molecular formula is C14H23NO4. The molecule has 1 rings (SSSR count). The fraction of sp³-hybridized carbons (Fsp3) is 0.714. The lowest BCUT2D eigenvalue weighted by molar-refractivity contribution is -0.137. The molecule has 108 valence electrons. The first-order chi connectivity index (χ1) is 9.11. The van der Waals surface area contributed by atoms with Gasteiger partial charge < -0.3 is 14.8 Å². The van der Waals surface area contributed by atoms with Crippen molar-refractivity contribution >= 4 is 12.1 Å². The number of alkyl carbamates (subject to hydrolysis) is 1. The summed E-state index contributed by atoms with van der Waals surface area (Å²) in [5, 5.41) is 2.85. The molecule has 1 N–H and O–H groups in total. The van der Waals surface area contributed by atoms with E-state index in [4.69, 9.17) is 9.47 Å². The van der Waals surface area contributed by atoms with Crippen LogP contribution >= 0.6 is 0 Å². The predicted octanol–water partition coefficient (Wildman–Crippen LogP) is 2.55. The number of amides is 1. The molecule has 1 aliphatic carbocycles. The number of ether oxygens (including phenoxy) is 2. The number of hydrogen-bond acceptors (Lipinski definition) is 4. The van der Waals surface area contributed by atoms with Gasteiger partial charge in [0.1, 0.15) is 6.10 Å². The van der Waals surface area contributed by atoms with Gasteiger partial charge in [0.2, 0.25) is 0 Å². The summed E-state index contributed by atoms with van der Waals surface area (Å²) in [6.07, 6.45) is 7.50. The first-order valence-electron chi connectivity index (χ1n) is 6.94. The minimum absolute atomic E-state index is 0.225. The van der Waals surface area contributed by atoms with E-state index in [0.29, 0.717) is 6.61 Å². The van der Waals surface area contributed by atoms with Crippen molar-refractivity contribution in [2.45, 2.75) is 58.1 Å². The van der Waals surface area contributed by atoms with E-state index in [1.54, 1.807) is 13.8 Å². The average molecular weight is 269 g/mol. The molecule has 1 atom stereocenters. The maximum Gasteiger partial charge on any atom is 0.407 e. The quantitative estimate of drug-likeness (QED) is 0.615. The summed E-state index contributed by atoms with van der Waals surface area (Å²) >= 11 is 0. The van der Waals surface area contributed by atoms with Gasteiger partial charge in [0.15, 0.2) is 0 Å². The summed E-state index contributed by atoms with van der Waals surface area (Å²) in [6, 6.07) is 0.225. The van der Waals surface area contributed by atoms with Crippen molar-refractivity contribution < 1.29 is 19.1 Å². The van der Waals surface area contributed by atoms with Gasteiger partial charge >= 0.3 is 12.1 Å². The van der Waals surface area contributed by atoms with E-state index in [0.717, 1.165) is 25.7 Å². The molecule has 0 heterocycles. The molecule has 1 aliphatic rings. The fourth-order valence-electron chi connectivity index (χ4n) is 2.06. The minimum Gasteiger partial charge on any atom is -0.463 e. The number of rotatable bonds is 5. The molecule has 0 aromatic carbocycles. The van der Waals surface area contributed by atoms with Crippen LogP contribution in [0.4, 0.5) is 4.79 Å². The van der Waals surface area contributed by atoms with Gasteiger partial charge in [-0.3, -0.25) is 0 Å². The molecule has 0 aromatic heterocycles. The van der Waals surface area contributed by atoms with Crippen molar-refractivity contribution in [3.8, 4) is 0 Å². The Balaban J connectivity index is 2.24. The van der Waals surface area contributed by atoms with Crippen LogP contribution < -0.4 is 5.32 Å². The second-order valence-electron chi connectivity index (χ2n) is 4.70. The van der Waals surface area contributed by atoms with Crippen LogP contribution in [0.1, 0.15) is 46.0 Å². The average Bonchev–Trinajstić information content (AvgIpc) is 2.38. The third-order valence-corrected chi connectivity index (χ3v) is 3.01. The van der Waals surface area contributed by atoms with Crippen molar-refractivity contribution in [2.24, 2.45) is 0 Å².